The fraction of sp³-hybridized carbons (Fsp3) is 0.500. The molecule has 1 saturated heterocycles. The van der Waals surface area contributed by atoms with E-state index >= 15 is 0 Å². The Morgan fingerprint density at radius 3 is 2.94 bits per heavy atom. The number of benzene rings is 1. The van der Waals surface area contributed by atoms with Crippen LogP contribution in [0.2, 0.25) is 0 Å². The molecular weight excluding hydrogens is 214 g/mol. The lowest BCUT2D eigenvalue weighted by Crippen LogP contribution is -2.41. The lowest BCUT2D eigenvalue weighted by atomic mass is 10.1. The molecule has 17 heavy (non-hydrogen) atoms. The second-order valence-electron chi connectivity index (χ2n) is 4.42. The quantitative estimate of drug-likeness (QED) is 0.751. The molecule has 0 radical (unpaired) electrons. The van der Waals surface area contributed by atoms with Crippen LogP contribution in [0.3, 0.4) is 0 Å². The molecule has 92 valence electrons. The van der Waals surface area contributed by atoms with Crippen molar-refractivity contribution in [3.8, 4) is 0 Å². The monoisotopic (exact) mass is 233 g/mol. The number of carbonyl (C=O) groups is 1. The highest BCUT2D eigenvalue weighted by Crippen LogP contribution is 2.23. The Morgan fingerprint density at radius 1 is 1.47 bits per heavy atom. The van der Waals surface area contributed by atoms with Gasteiger partial charge in [-0.05, 0) is 19.1 Å². The molecule has 3 nitrogen and oxygen atoms in total. The van der Waals surface area contributed by atoms with Crippen LogP contribution in [0.25, 0.3) is 0 Å². The molecule has 1 heterocycles. The maximum Gasteiger partial charge on any atom is 0.164 e. The Bertz CT molecular complexity index is 403. The summed E-state index contributed by atoms with van der Waals surface area (Å²) in [5.41, 5.74) is 1.89. The molecule has 1 aromatic carbocycles. The summed E-state index contributed by atoms with van der Waals surface area (Å²) in [5.74, 6) is 0.208. The number of rotatable bonds is 3. The van der Waals surface area contributed by atoms with Gasteiger partial charge < -0.3 is 9.64 Å². The SMILES string of the molecule is CCC(=O)c1ccccc1N1CCOC(C)C1. The molecule has 0 aliphatic carbocycles. The van der Waals surface area contributed by atoms with Crippen LogP contribution >= 0.6 is 0 Å². The number of hydrogen-bond donors (Lipinski definition) is 0. The number of hydrogen-bond acceptors (Lipinski definition) is 3. The number of para-hydroxylation sites is 1. The molecule has 1 unspecified atom stereocenters. The molecular formula is C14H19NO2. The van der Waals surface area contributed by atoms with Gasteiger partial charge in [0.1, 0.15) is 0 Å². The van der Waals surface area contributed by atoms with E-state index in [1.165, 1.54) is 0 Å². The third-order valence-electron chi connectivity index (χ3n) is 3.11. The summed E-state index contributed by atoms with van der Waals surface area (Å²) in [5, 5.41) is 0. The second kappa shape index (κ2) is 5.32. The van der Waals surface area contributed by atoms with E-state index in [1.807, 2.05) is 31.2 Å². The van der Waals surface area contributed by atoms with E-state index < -0.39 is 0 Å². The number of Topliss-reactive ketones (excluding diaryl/α,β-unsaturated/α-hetero) is 1. The molecule has 1 aliphatic rings. The van der Waals surface area contributed by atoms with Crippen molar-refractivity contribution in [2.75, 3.05) is 24.6 Å². The summed E-state index contributed by atoms with van der Waals surface area (Å²) in [6.45, 7) is 6.42. The third kappa shape index (κ3) is 2.67. The number of nitrogens with zero attached hydrogens (tertiary/aromatic N) is 1. The number of ketones is 1. The summed E-state index contributed by atoms with van der Waals surface area (Å²) in [7, 11) is 0. The van der Waals surface area contributed by atoms with Crippen molar-refractivity contribution >= 4 is 11.5 Å². The summed E-state index contributed by atoms with van der Waals surface area (Å²) in [6, 6.07) is 7.86. The van der Waals surface area contributed by atoms with Crippen molar-refractivity contribution in [2.45, 2.75) is 26.4 Å². The molecule has 0 saturated carbocycles. The van der Waals surface area contributed by atoms with Gasteiger partial charge in [-0.15, -0.1) is 0 Å². The lowest BCUT2D eigenvalue weighted by Gasteiger charge is -2.34. The highest BCUT2D eigenvalue weighted by atomic mass is 16.5. The van der Waals surface area contributed by atoms with Crippen LogP contribution in [0, 0.1) is 0 Å². The van der Waals surface area contributed by atoms with Crippen LogP contribution < -0.4 is 4.90 Å². The van der Waals surface area contributed by atoms with Gasteiger partial charge in [-0.25, -0.2) is 0 Å². The molecule has 2 rings (SSSR count). The molecule has 0 spiro atoms. The molecule has 1 fully saturated rings. The van der Waals surface area contributed by atoms with Gasteiger partial charge in [-0.2, -0.15) is 0 Å². The van der Waals surface area contributed by atoms with E-state index in [0.29, 0.717) is 6.42 Å². The Morgan fingerprint density at radius 2 is 2.24 bits per heavy atom. The Hall–Kier alpha value is -1.35. The predicted octanol–water partition coefficient (Wildman–Crippen LogP) is 2.50. The van der Waals surface area contributed by atoms with Gasteiger partial charge >= 0.3 is 0 Å². The van der Waals surface area contributed by atoms with Crippen LogP contribution in [-0.2, 0) is 4.74 Å². The second-order valence-corrected chi connectivity index (χ2v) is 4.42. The van der Waals surface area contributed by atoms with Crippen LogP contribution in [0.5, 0.6) is 0 Å². The van der Waals surface area contributed by atoms with E-state index in [4.69, 9.17) is 4.74 Å². The Kier molecular flexibility index (Phi) is 3.79. The largest absolute Gasteiger partial charge is 0.375 e. The van der Waals surface area contributed by atoms with E-state index in [2.05, 4.69) is 11.8 Å². The summed E-state index contributed by atoms with van der Waals surface area (Å²) < 4.78 is 5.53. The van der Waals surface area contributed by atoms with Crippen LogP contribution in [-0.4, -0.2) is 31.6 Å². The number of ether oxygens (including phenoxy) is 1. The minimum absolute atomic E-state index is 0.208. The summed E-state index contributed by atoms with van der Waals surface area (Å²) in [4.78, 5) is 14.1. The van der Waals surface area contributed by atoms with Crippen molar-refractivity contribution in [1.82, 2.24) is 0 Å². The molecule has 0 aromatic heterocycles. The van der Waals surface area contributed by atoms with Gasteiger partial charge in [0, 0.05) is 30.8 Å². The molecule has 0 bridgehead atoms. The zero-order valence-electron chi connectivity index (χ0n) is 10.5. The van der Waals surface area contributed by atoms with Crippen molar-refractivity contribution < 1.29 is 9.53 Å². The maximum absolute atomic E-state index is 11.9. The maximum atomic E-state index is 11.9. The minimum atomic E-state index is 0.208. The number of carbonyl (C=O) groups excluding carboxylic acids is 1. The van der Waals surface area contributed by atoms with Gasteiger partial charge in [0.15, 0.2) is 5.78 Å². The van der Waals surface area contributed by atoms with E-state index in [-0.39, 0.29) is 11.9 Å². The first-order valence-corrected chi connectivity index (χ1v) is 6.21. The molecule has 1 aliphatic heterocycles. The van der Waals surface area contributed by atoms with Crippen molar-refractivity contribution in [3.63, 3.8) is 0 Å². The standard InChI is InChI=1S/C14H19NO2/c1-3-14(16)12-6-4-5-7-13(12)15-8-9-17-11(2)10-15/h4-7,11H,3,8-10H2,1-2H3. The normalized spacial score (nSPS) is 20.4. The summed E-state index contributed by atoms with van der Waals surface area (Å²) in [6.07, 6.45) is 0.783. The van der Waals surface area contributed by atoms with Crippen molar-refractivity contribution in [2.24, 2.45) is 0 Å². The summed E-state index contributed by atoms with van der Waals surface area (Å²) >= 11 is 0. The van der Waals surface area contributed by atoms with Crippen molar-refractivity contribution in [1.29, 1.82) is 0 Å². The Balaban J connectivity index is 2.27. The topological polar surface area (TPSA) is 29.5 Å². The van der Waals surface area contributed by atoms with Crippen molar-refractivity contribution in [3.05, 3.63) is 29.8 Å². The zero-order chi connectivity index (χ0) is 12.3. The van der Waals surface area contributed by atoms with Gasteiger partial charge in [0.05, 0.1) is 12.7 Å². The zero-order valence-corrected chi connectivity index (χ0v) is 10.5. The first-order chi connectivity index (χ1) is 8.22. The predicted molar refractivity (Wildman–Crippen MR) is 68.7 cm³/mol. The first kappa shape index (κ1) is 12.1. The lowest BCUT2D eigenvalue weighted by molar-refractivity contribution is 0.0531. The van der Waals surface area contributed by atoms with Crippen LogP contribution in [0.1, 0.15) is 30.6 Å². The van der Waals surface area contributed by atoms with E-state index in [0.717, 1.165) is 30.9 Å². The molecule has 1 aromatic rings. The highest BCUT2D eigenvalue weighted by Gasteiger charge is 2.20. The van der Waals surface area contributed by atoms with Crippen LogP contribution in [0.15, 0.2) is 24.3 Å². The van der Waals surface area contributed by atoms with E-state index in [1.54, 1.807) is 0 Å². The van der Waals surface area contributed by atoms with Crippen LogP contribution in [0.4, 0.5) is 5.69 Å². The number of morpholine rings is 1. The first-order valence-electron chi connectivity index (χ1n) is 6.21. The minimum Gasteiger partial charge on any atom is -0.375 e. The third-order valence-corrected chi connectivity index (χ3v) is 3.11. The van der Waals surface area contributed by atoms with Gasteiger partial charge in [0.2, 0.25) is 0 Å². The molecule has 1 atom stereocenters. The van der Waals surface area contributed by atoms with Gasteiger partial charge in [-0.3, -0.25) is 4.79 Å². The average molecular weight is 233 g/mol. The molecule has 0 N–H and O–H groups in total. The fourth-order valence-corrected chi connectivity index (χ4v) is 2.21. The fourth-order valence-electron chi connectivity index (χ4n) is 2.21. The molecule has 3 heteroatoms. The van der Waals surface area contributed by atoms with E-state index in [9.17, 15) is 4.79 Å². The average Bonchev–Trinajstić information content (AvgIpc) is 2.38. The highest BCUT2D eigenvalue weighted by molar-refractivity contribution is 6.01. The van der Waals surface area contributed by atoms with Gasteiger partial charge in [0.25, 0.3) is 0 Å². The Labute approximate surface area is 102 Å². The molecule has 0 amide bonds. The number of anilines is 1. The smallest absolute Gasteiger partial charge is 0.164 e. The van der Waals surface area contributed by atoms with Gasteiger partial charge in [-0.1, -0.05) is 19.1 Å².